The number of rotatable bonds is 2. The standard InChI is InChI=1S/C10H12F2N2O.C7H6F2O/c11-10(12)4-1-2-7(6-10)9-13-5-3-8(15)14-9;1-10-6-4-2-3-5(8)7(6)9/h3,5,7H,1-2,4,6H2,(H,13,14,15);2-4H,1H3/t7-;/m0./s1. The molecule has 0 aliphatic heterocycles. The van der Waals surface area contributed by atoms with Gasteiger partial charge in [0.25, 0.3) is 5.56 Å². The molecular weight excluding hydrogens is 340 g/mol. The summed E-state index contributed by atoms with van der Waals surface area (Å²) in [6, 6.07) is 5.07. The predicted octanol–water partition coefficient (Wildman–Crippen LogP) is 4.04. The van der Waals surface area contributed by atoms with E-state index in [0.29, 0.717) is 18.7 Å². The van der Waals surface area contributed by atoms with E-state index in [0.717, 1.165) is 6.07 Å². The van der Waals surface area contributed by atoms with Gasteiger partial charge in [-0.2, -0.15) is 4.39 Å². The molecule has 1 aliphatic carbocycles. The Bertz CT molecular complexity index is 764. The van der Waals surface area contributed by atoms with Crippen LogP contribution in [0.15, 0.2) is 35.3 Å². The fourth-order valence-electron chi connectivity index (χ4n) is 2.64. The van der Waals surface area contributed by atoms with Gasteiger partial charge >= 0.3 is 0 Å². The van der Waals surface area contributed by atoms with Crippen LogP contribution in [0.3, 0.4) is 0 Å². The third-order valence-corrected chi connectivity index (χ3v) is 3.85. The summed E-state index contributed by atoms with van der Waals surface area (Å²) in [5.41, 5.74) is -0.283. The highest BCUT2D eigenvalue weighted by molar-refractivity contribution is 5.24. The van der Waals surface area contributed by atoms with Gasteiger partial charge in [-0.15, -0.1) is 0 Å². The van der Waals surface area contributed by atoms with Gasteiger partial charge in [0.15, 0.2) is 11.6 Å². The Morgan fingerprint density at radius 1 is 1.28 bits per heavy atom. The lowest BCUT2D eigenvalue weighted by Gasteiger charge is -2.27. The SMILES string of the molecule is COc1cccc(F)c1F.O=c1ccnc([C@H]2CCCC(F)(F)C2)[nH]1. The molecule has 1 saturated carbocycles. The summed E-state index contributed by atoms with van der Waals surface area (Å²) in [5.74, 6) is -4.44. The average molecular weight is 358 g/mol. The summed E-state index contributed by atoms with van der Waals surface area (Å²) in [7, 11) is 1.29. The Hall–Kier alpha value is -2.38. The number of H-pyrrole nitrogens is 1. The van der Waals surface area contributed by atoms with Crippen molar-refractivity contribution in [1.82, 2.24) is 9.97 Å². The highest BCUT2D eigenvalue weighted by Gasteiger charge is 2.37. The van der Waals surface area contributed by atoms with Gasteiger partial charge in [0.2, 0.25) is 11.7 Å². The lowest BCUT2D eigenvalue weighted by atomic mass is 9.86. The smallest absolute Gasteiger partial charge is 0.250 e. The van der Waals surface area contributed by atoms with Crippen molar-refractivity contribution in [3.05, 3.63) is 58.3 Å². The Morgan fingerprint density at radius 2 is 2.04 bits per heavy atom. The lowest BCUT2D eigenvalue weighted by molar-refractivity contribution is -0.0417. The second-order valence-electron chi connectivity index (χ2n) is 5.72. The van der Waals surface area contributed by atoms with E-state index in [9.17, 15) is 22.4 Å². The number of hydrogen-bond donors (Lipinski definition) is 1. The maximum atomic E-state index is 13.1. The highest BCUT2D eigenvalue weighted by Crippen LogP contribution is 2.40. The van der Waals surface area contributed by atoms with E-state index < -0.39 is 17.6 Å². The number of nitrogens with one attached hydrogen (secondary N) is 1. The number of aromatic amines is 1. The molecule has 0 spiro atoms. The Balaban J connectivity index is 0.000000196. The lowest BCUT2D eigenvalue weighted by Crippen LogP contribution is -2.27. The Kier molecular flexibility index (Phi) is 6.17. The molecule has 1 atom stereocenters. The van der Waals surface area contributed by atoms with Gasteiger partial charge < -0.3 is 9.72 Å². The van der Waals surface area contributed by atoms with Crippen molar-refractivity contribution >= 4 is 0 Å². The fraction of sp³-hybridized carbons (Fsp3) is 0.412. The largest absolute Gasteiger partial charge is 0.494 e. The molecule has 1 aliphatic rings. The molecule has 1 fully saturated rings. The van der Waals surface area contributed by atoms with Gasteiger partial charge in [-0.3, -0.25) is 4.79 Å². The van der Waals surface area contributed by atoms with Crippen molar-refractivity contribution in [2.45, 2.75) is 37.5 Å². The van der Waals surface area contributed by atoms with Crippen LogP contribution >= 0.6 is 0 Å². The molecule has 136 valence electrons. The van der Waals surface area contributed by atoms with Crippen molar-refractivity contribution in [3.8, 4) is 5.75 Å². The van der Waals surface area contributed by atoms with E-state index in [-0.39, 0.29) is 30.1 Å². The molecule has 0 bridgehead atoms. The van der Waals surface area contributed by atoms with Crippen LogP contribution in [-0.2, 0) is 0 Å². The van der Waals surface area contributed by atoms with Crippen molar-refractivity contribution < 1.29 is 22.3 Å². The second-order valence-corrected chi connectivity index (χ2v) is 5.72. The zero-order valence-corrected chi connectivity index (χ0v) is 13.6. The molecule has 1 N–H and O–H groups in total. The minimum atomic E-state index is -2.61. The maximum Gasteiger partial charge on any atom is 0.250 e. The molecule has 0 saturated heterocycles. The molecule has 8 heteroatoms. The average Bonchev–Trinajstić information content (AvgIpc) is 2.57. The minimum Gasteiger partial charge on any atom is -0.494 e. The van der Waals surface area contributed by atoms with Crippen LogP contribution in [0.25, 0.3) is 0 Å². The van der Waals surface area contributed by atoms with Gasteiger partial charge in [0.1, 0.15) is 5.82 Å². The quantitative estimate of drug-likeness (QED) is 0.825. The van der Waals surface area contributed by atoms with Crippen molar-refractivity contribution in [3.63, 3.8) is 0 Å². The van der Waals surface area contributed by atoms with Gasteiger partial charge in [-0.05, 0) is 25.0 Å². The van der Waals surface area contributed by atoms with Gasteiger partial charge in [0, 0.05) is 31.0 Å². The summed E-state index contributed by atoms with van der Waals surface area (Å²) in [6.07, 6.45) is 2.25. The summed E-state index contributed by atoms with van der Waals surface area (Å²) in [6.45, 7) is 0. The minimum absolute atomic E-state index is 0.0550. The van der Waals surface area contributed by atoms with E-state index in [1.807, 2.05) is 0 Å². The van der Waals surface area contributed by atoms with Crippen LogP contribution in [0.4, 0.5) is 17.6 Å². The van der Waals surface area contributed by atoms with E-state index in [4.69, 9.17) is 0 Å². The first-order valence-electron chi connectivity index (χ1n) is 7.73. The Morgan fingerprint density at radius 3 is 2.64 bits per heavy atom. The molecule has 1 aromatic carbocycles. The number of nitrogens with zero attached hydrogens (tertiary/aromatic N) is 1. The number of hydrogen-bond acceptors (Lipinski definition) is 3. The first-order valence-corrected chi connectivity index (χ1v) is 7.73. The molecule has 1 aromatic heterocycles. The zero-order valence-electron chi connectivity index (χ0n) is 13.6. The number of methoxy groups -OCH3 is 1. The summed E-state index contributed by atoms with van der Waals surface area (Å²) in [5, 5.41) is 0. The normalized spacial score (nSPS) is 18.8. The first-order chi connectivity index (χ1) is 11.8. The maximum absolute atomic E-state index is 13.1. The monoisotopic (exact) mass is 358 g/mol. The molecule has 2 aromatic rings. The van der Waals surface area contributed by atoms with Gasteiger partial charge in [0.05, 0.1) is 7.11 Å². The molecule has 0 amide bonds. The molecule has 4 nitrogen and oxygen atoms in total. The third kappa shape index (κ3) is 5.30. The molecule has 0 unspecified atom stereocenters. The number of aromatic nitrogens is 2. The van der Waals surface area contributed by atoms with Crippen molar-refractivity contribution in [1.29, 1.82) is 0 Å². The zero-order chi connectivity index (χ0) is 18.4. The number of benzene rings is 1. The van der Waals surface area contributed by atoms with E-state index >= 15 is 0 Å². The predicted molar refractivity (Wildman–Crippen MR) is 83.9 cm³/mol. The van der Waals surface area contributed by atoms with Crippen LogP contribution in [0.1, 0.15) is 37.4 Å². The summed E-state index contributed by atoms with van der Waals surface area (Å²) < 4.78 is 55.6. The fourth-order valence-corrected chi connectivity index (χ4v) is 2.64. The van der Waals surface area contributed by atoms with E-state index in [2.05, 4.69) is 14.7 Å². The van der Waals surface area contributed by atoms with Crippen LogP contribution in [0.2, 0.25) is 0 Å². The molecule has 1 heterocycles. The molecule has 25 heavy (non-hydrogen) atoms. The second kappa shape index (κ2) is 8.13. The number of ether oxygens (including phenoxy) is 1. The van der Waals surface area contributed by atoms with Crippen LogP contribution in [0.5, 0.6) is 5.75 Å². The van der Waals surface area contributed by atoms with E-state index in [1.54, 1.807) is 0 Å². The van der Waals surface area contributed by atoms with Crippen molar-refractivity contribution in [2.24, 2.45) is 0 Å². The first kappa shape index (κ1) is 19.0. The topological polar surface area (TPSA) is 55.0 Å². The Labute approximate surface area is 141 Å². The number of halogens is 4. The summed E-state index contributed by atoms with van der Waals surface area (Å²) in [4.78, 5) is 17.5. The van der Waals surface area contributed by atoms with Crippen LogP contribution < -0.4 is 10.3 Å². The molecular formula is C17H18F4N2O2. The van der Waals surface area contributed by atoms with Crippen LogP contribution in [-0.4, -0.2) is 23.0 Å². The van der Waals surface area contributed by atoms with Gasteiger partial charge in [-0.25, -0.2) is 18.2 Å². The van der Waals surface area contributed by atoms with Crippen molar-refractivity contribution in [2.75, 3.05) is 7.11 Å². The molecule has 0 radical (unpaired) electrons. The van der Waals surface area contributed by atoms with Gasteiger partial charge in [-0.1, -0.05) is 6.07 Å². The highest BCUT2D eigenvalue weighted by atomic mass is 19.3. The van der Waals surface area contributed by atoms with Crippen LogP contribution in [0, 0.1) is 11.6 Å². The summed E-state index contributed by atoms with van der Waals surface area (Å²) >= 11 is 0. The van der Waals surface area contributed by atoms with E-state index in [1.165, 1.54) is 31.5 Å². The third-order valence-electron chi connectivity index (χ3n) is 3.85. The molecule has 3 rings (SSSR count). The number of alkyl halides is 2.